The lowest BCUT2D eigenvalue weighted by Crippen LogP contribution is -2.31. The fraction of sp³-hybridized carbons (Fsp3) is 0.417. The van der Waals surface area contributed by atoms with Gasteiger partial charge in [-0.25, -0.2) is 4.79 Å². The lowest BCUT2D eigenvalue weighted by Gasteiger charge is -2.19. The van der Waals surface area contributed by atoms with E-state index in [0.29, 0.717) is 6.61 Å². The molecule has 0 aliphatic rings. The van der Waals surface area contributed by atoms with Crippen molar-refractivity contribution >= 4 is 23.4 Å². The molecule has 0 N–H and O–H groups in total. The standard InChI is InChI=1S/C12H16ClNO3/c1-10-4-3-5-11(8-10)14(9-13)12(15)17-7-6-16-2/h3-5,8H,6-7,9H2,1-2H3. The largest absolute Gasteiger partial charge is 0.447 e. The highest BCUT2D eigenvalue weighted by Crippen LogP contribution is 2.17. The summed E-state index contributed by atoms with van der Waals surface area (Å²) in [5.41, 5.74) is 1.78. The van der Waals surface area contributed by atoms with E-state index >= 15 is 0 Å². The molecule has 0 aromatic heterocycles. The van der Waals surface area contributed by atoms with E-state index in [4.69, 9.17) is 21.1 Å². The van der Waals surface area contributed by atoms with Crippen LogP contribution in [0.4, 0.5) is 10.5 Å². The van der Waals surface area contributed by atoms with Crippen molar-refractivity contribution in [2.75, 3.05) is 31.2 Å². The molecule has 1 amide bonds. The zero-order valence-corrected chi connectivity index (χ0v) is 10.7. The number of anilines is 1. The molecule has 1 aromatic carbocycles. The number of nitrogens with zero attached hydrogens (tertiary/aromatic N) is 1. The van der Waals surface area contributed by atoms with Crippen LogP contribution in [0.3, 0.4) is 0 Å². The predicted octanol–water partition coefficient (Wildman–Crippen LogP) is 2.78. The molecule has 0 saturated heterocycles. The van der Waals surface area contributed by atoms with Crippen LogP contribution in [0.5, 0.6) is 0 Å². The number of halogens is 1. The molecule has 5 heteroatoms. The van der Waals surface area contributed by atoms with Gasteiger partial charge in [0.1, 0.15) is 12.6 Å². The molecule has 0 unspecified atom stereocenters. The summed E-state index contributed by atoms with van der Waals surface area (Å²) in [7, 11) is 1.55. The Kier molecular flexibility index (Phi) is 5.80. The van der Waals surface area contributed by atoms with Gasteiger partial charge in [-0.2, -0.15) is 0 Å². The van der Waals surface area contributed by atoms with Crippen LogP contribution in [0.15, 0.2) is 24.3 Å². The number of benzene rings is 1. The maximum Gasteiger partial charge on any atom is 0.415 e. The van der Waals surface area contributed by atoms with Crippen LogP contribution >= 0.6 is 11.6 Å². The highest BCUT2D eigenvalue weighted by atomic mass is 35.5. The summed E-state index contributed by atoms with van der Waals surface area (Å²) in [5.74, 6) is 0. The second kappa shape index (κ2) is 7.14. The first-order chi connectivity index (χ1) is 8.19. The van der Waals surface area contributed by atoms with E-state index in [9.17, 15) is 4.79 Å². The van der Waals surface area contributed by atoms with Crippen LogP contribution in [0.25, 0.3) is 0 Å². The van der Waals surface area contributed by atoms with Gasteiger partial charge < -0.3 is 9.47 Å². The molecule has 0 radical (unpaired) electrons. The third-order valence-electron chi connectivity index (χ3n) is 2.17. The highest BCUT2D eigenvalue weighted by Gasteiger charge is 2.15. The Hall–Kier alpha value is -1.26. The molecule has 17 heavy (non-hydrogen) atoms. The van der Waals surface area contributed by atoms with E-state index in [1.807, 2.05) is 31.2 Å². The Bertz CT molecular complexity index is 371. The van der Waals surface area contributed by atoms with E-state index in [2.05, 4.69) is 0 Å². The fourth-order valence-electron chi connectivity index (χ4n) is 1.31. The number of amides is 1. The first kappa shape index (κ1) is 13.8. The maximum absolute atomic E-state index is 11.7. The van der Waals surface area contributed by atoms with Crippen molar-refractivity contribution in [3.8, 4) is 0 Å². The van der Waals surface area contributed by atoms with Crippen LogP contribution in [0, 0.1) is 6.92 Å². The van der Waals surface area contributed by atoms with E-state index in [0.717, 1.165) is 11.3 Å². The number of methoxy groups -OCH3 is 1. The summed E-state index contributed by atoms with van der Waals surface area (Å²) < 4.78 is 9.81. The number of aryl methyl sites for hydroxylation is 1. The first-order valence-electron chi connectivity index (χ1n) is 5.25. The van der Waals surface area contributed by atoms with Crippen LogP contribution in [-0.4, -0.2) is 32.4 Å². The zero-order chi connectivity index (χ0) is 12.7. The average Bonchev–Trinajstić information content (AvgIpc) is 2.30. The molecule has 0 atom stereocenters. The molecule has 0 saturated carbocycles. The van der Waals surface area contributed by atoms with Crippen LogP contribution in [0.1, 0.15) is 5.56 Å². The number of carbonyl (C=O) groups is 1. The summed E-state index contributed by atoms with van der Waals surface area (Å²) >= 11 is 5.76. The van der Waals surface area contributed by atoms with Gasteiger partial charge >= 0.3 is 6.09 Å². The van der Waals surface area contributed by atoms with Crippen molar-refractivity contribution in [3.05, 3.63) is 29.8 Å². The number of rotatable bonds is 5. The second-order valence-electron chi connectivity index (χ2n) is 3.49. The molecule has 1 rings (SSSR count). The summed E-state index contributed by atoms with van der Waals surface area (Å²) in [6.07, 6.45) is -0.470. The number of hydrogen-bond donors (Lipinski definition) is 0. The molecule has 0 aliphatic heterocycles. The fourth-order valence-corrected chi connectivity index (χ4v) is 1.54. The molecule has 0 fully saturated rings. The minimum atomic E-state index is -0.470. The van der Waals surface area contributed by atoms with Gasteiger partial charge in [-0.1, -0.05) is 12.1 Å². The van der Waals surface area contributed by atoms with Crippen LogP contribution in [0.2, 0.25) is 0 Å². The van der Waals surface area contributed by atoms with Crippen LogP contribution < -0.4 is 4.90 Å². The molecule has 0 spiro atoms. The minimum absolute atomic E-state index is 0.0509. The lowest BCUT2D eigenvalue weighted by atomic mass is 10.2. The predicted molar refractivity (Wildman–Crippen MR) is 67.6 cm³/mol. The summed E-state index contributed by atoms with van der Waals surface area (Å²) in [6.45, 7) is 2.54. The SMILES string of the molecule is COCCOC(=O)N(CCl)c1cccc(C)c1. The quantitative estimate of drug-likeness (QED) is 0.463. The van der Waals surface area contributed by atoms with E-state index < -0.39 is 6.09 Å². The normalized spacial score (nSPS) is 10.1. The molecule has 4 nitrogen and oxygen atoms in total. The van der Waals surface area contributed by atoms with Crippen molar-refractivity contribution < 1.29 is 14.3 Å². The van der Waals surface area contributed by atoms with Gasteiger partial charge in [-0.05, 0) is 24.6 Å². The van der Waals surface area contributed by atoms with Crippen molar-refractivity contribution in [1.82, 2.24) is 0 Å². The van der Waals surface area contributed by atoms with Gasteiger partial charge in [-0.3, -0.25) is 4.90 Å². The molecule has 1 aromatic rings. The van der Waals surface area contributed by atoms with Gasteiger partial charge in [0.2, 0.25) is 0 Å². The number of hydrogen-bond acceptors (Lipinski definition) is 3. The van der Waals surface area contributed by atoms with E-state index in [1.54, 1.807) is 7.11 Å². The Morgan fingerprint density at radius 3 is 2.76 bits per heavy atom. The van der Waals surface area contributed by atoms with Crippen LogP contribution in [-0.2, 0) is 9.47 Å². The first-order valence-corrected chi connectivity index (χ1v) is 5.78. The van der Waals surface area contributed by atoms with Gasteiger partial charge in [0.05, 0.1) is 6.61 Å². The smallest absolute Gasteiger partial charge is 0.415 e. The molecular formula is C12H16ClNO3. The summed E-state index contributed by atoms with van der Waals surface area (Å²) in [6, 6.07) is 7.56. The third-order valence-corrected chi connectivity index (χ3v) is 2.41. The Labute approximate surface area is 106 Å². The third kappa shape index (κ3) is 4.24. The Morgan fingerprint density at radius 1 is 1.41 bits per heavy atom. The number of ether oxygens (including phenoxy) is 2. The summed E-state index contributed by atoms with van der Waals surface area (Å²) in [4.78, 5) is 13.1. The summed E-state index contributed by atoms with van der Waals surface area (Å²) in [5, 5.41) is 0. The Balaban J connectivity index is 2.67. The van der Waals surface area contributed by atoms with Gasteiger partial charge in [-0.15, -0.1) is 11.6 Å². The van der Waals surface area contributed by atoms with E-state index in [1.165, 1.54) is 4.90 Å². The second-order valence-corrected chi connectivity index (χ2v) is 3.73. The zero-order valence-electron chi connectivity index (χ0n) is 9.98. The topological polar surface area (TPSA) is 38.8 Å². The van der Waals surface area contributed by atoms with Crippen molar-refractivity contribution in [2.24, 2.45) is 0 Å². The monoisotopic (exact) mass is 257 g/mol. The van der Waals surface area contributed by atoms with Gasteiger partial charge in [0, 0.05) is 12.8 Å². The van der Waals surface area contributed by atoms with Crippen molar-refractivity contribution in [3.63, 3.8) is 0 Å². The average molecular weight is 258 g/mol. The highest BCUT2D eigenvalue weighted by molar-refractivity contribution is 6.21. The molecule has 94 valence electrons. The molecule has 0 heterocycles. The van der Waals surface area contributed by atoms with Gasteiger partial charge in [0.25, 0.3) is 0 Å². The van der Waals surface area contributed by atoms with Crippen molar-refractivity contribution in [1.29, 1.82) is 0 Å². The minimum Gasteiger partial charge on any atom is -0.447 e. The molecule has 0 aliphatic carbocycles. The molecule has 0 bridgehead atoms. The molecular weight excluding hydrogens is 242 g/mol. The maximum atomic E-state index is 11.7. The van der Waals surface area contributed by atoms with Crippen molar-refractivity contribution in [2.45, 2.75) is 6.92 Å². The Morgan fingerprint density at radius 2 is 2.18 bits per heavy atom. The number of alkyl halides is 1. The van der Waals surface area contributed by atoms with E-state index in [-0.39, 0.29) is 12.6 Å². The van der Waals surface area contributed by atoms with Gasteiger partial charge in [0.15, 0.2) is 0 Å². The number of carbonyl (C=O) groups excluding carboxylic acids is 1. The lowest BCUT2D eigenvalue weighted by molar-refractivity contribution is 0.103.